The normalized spacial score (nSPS) is 9.33. The van der Waals surface area contributed by atoms with Gasteiger partial charge in [0.2, 0.25) is 0 Å². The number of ketones is 2. The molecule has 0 unspecified atom stereocenters. The molecule has 18 heavy (non-hydrogen) atoms. The molecular formula is C15H12CoO2. The third-order valence-electron chi connectivity index (χ3n) is 2.51. The maximum atomic E-state index is 11.8. The average molecular weight is 283 g/mol. The third-order valence-corrected chi connectivity index (χ3v) is 2.51. The molecule has 3 heteroatoms. The Balaban J connectivity index is 0.00000162. The standard InChI is InChI=1S/C15H12O2.Co/c16-14(12-7-3-1-4-8-12)11-15(17)13-9-5-2-6-10-13;/h1-10H,11H2;. The summed E-state index contributed by atoms with van der Waals surface area (Å²) in [6, 6.07) is 17.7. The van der Waals surface area contributed by atoms with Crippen molar-refractivity contribution in [3.8, 4) is 0 Å². The largest absolute Gasteiger partial charge is 0.294 e. The first-order valence-electron chi connectivity index (χ1n) is 5.44. The van der Waals surface area contributed by atoms with Gasteiger partial charge in [0.15, 0.2) is 11.6 Å². The van der Waals surface area contributed by atoms with E-state index in [4.69, 9.17) is 0 Å². The molecule has 2 nitrogen and oxygen atoms in total. The number of hydrogen-bond donors (Lipinski definition) is 0. The van der Waals surface area contributed by atoms with Gasteiger partial charge < -0.3 is 0 Å². The second-order valence-electron chi connectivity index (χ2n) is 3.76. The Kier molecular flexibility index (Phi) is 5.49. The summed E-state index contributed by atoms with van der Waals surface area (Å²) in [5.74, 6) is -0.279. The van der Waals surface area contributed by atoms with Crippen LogP contribution in [0.5, 0.6) is 0 Å². The molecule has 2 aromatic rings. The first-order valence-corrected chi connectivity index (χ1v) is 5.44. The number of Topliss-reactive ketones (excluding diaryl/α,β-unsaturated/α-hetero) is 2. The van der Waals surface area contributed by atoms with Crippen molar-refractivity contribution >= 4 is 11.6 Å². The summed E-state index contributed by atoms with van der Waals surface area (Å²) >= 11 is 0. The Labute approximate surface area is 116 Å². The van der Waals surface area contributed by atoms with E-state index in [9.17, 15) is 9.59 Å². The Bertz CT molecular complexity index is 471. The van der Waals surface area contributed by atoms with Crippen LogP contribution < -0.4 is 0 Å². The number of carbonyl (C=O) groups excluding carboxylic acids is 2. The molecule has 0 saturated carbocycles. The van der Waals surface area contributed by atoms with Gasteiger partial charge in [-0.25, -0.2) is 0 Å². The second kappa shape index (κ2) is 6.89. The van der Waals surface area contributed by atoms with Gasteiger partial charge in [-0.05, 0) is 0 Å². The van der Waals surface area contributed by atoms with Crippen LogP contribution in [0.15, 0.2) is 60.7 Å². The molecule has 0 amide bonds. The van der Waals surface area contributed by atoms with Crippen LogP contribution in [-0.2, 0) is 16.8 Å². The minimum atomic E-state index is -0.139. The molecule has 0 aromatic heterocycles. The molecule has 0 N–H and O–H groups in total. The zero-order valence-corrected chi connectivity index (χ0v) is 10.7. The van der Waals surface area contributed by atoms with Crippen LogP contribution in [0, 0.1) is 0 Å². The molecule has 0 spiro atoms. The molecule has 1 radical (unpaired) electrons. The number of benzene rings is 2. The minimum Gasteiger partial charge on any atom is -0.294 e. The van der Waals surface area contributed by atoms with Gasteiger partial charge in [0.05, 0.1) is 6.42 Å². The SMILES string of the molecule is O=C(CC(=O)c1ccccc1)c1ccccc1.[Co]. The average Bonchev–Trinajstić information content (AvgIpc) is 2.40. The molecule has 0 aliphatic carbocycles. The van der Waals surface area contributed by atoms with Gasteiger partial charge in [-0.15, -0.1) is 0 Å². The van der Waals surface area contributed by atoms with Crippen molar-refractivity contribution in [2.24, 2.45) is 0 Å². The minimum absolute atomic E-state index is 0. The molecule has 93 valence electrons. The summed E-state index contributed by atoms with van der Waals surface area (Å²) in [6.07, 6.45) is -0.0754. The maximum absolute atomic E-state index is 11.8. The van der Waals surface area contributed by atoms with Crippen LogP contribution in [0.2, 0.25) is 0 Å². The molecular weight excluding hydrogens is 271 g/mol. The fourth-order valence-electron chi connectivity index (χ4n) is 1.60. The van der Waals surface area contributed by atoms with Crippen LogP contribution in [0.25, 0.3) is 0 Å². The smallest absolute Gasteiger partial charge is 0.170 e. The Morgan fingerprint density at radius 2 is 1.00 bits per heavy atom. The van der Waals surface area contributed by atoms with Crippen LogP contribution in [0.1, 0.15) is 27.1 Å². The number of carbonyl (C=O) groups is 2. The van der Waals surface area contributed by atoms with Crippen LogP contribution in [0.4, 0.5) is 0 Å². The first-order chi connectivity index (χ1) is 8.27. The Hall–Kier alpha value is -1.71. The predicted octanol–water partition coefficient (Wildman–Crippen LogP) is 3.14. The Morgan fingerprint density at radius 1 is 0.667 bits per heavy atom. The molecule has 0 heterocycles. The van der Waals surface area contributed by atoms with E-state index in [2.05, 4.69) is 0 Å². The van der Waals surface area contributed by atoms with E-state index in [0.717, 1.165) is 0 Å². The summed E-state index contributed by atoms with van der Waals surface area (Å²) < 4.78 is 0. The molecule has 2 rings (SSSR count). The van der Waals surface area contributed by atoms with Gasteiger partial charge >= 0.3 is 0 Å². The van der Waals surface area contributed by atoms with E-state index in [1.54, 1.807) is 48.5 Å². The van der Waals surface area contributed by atoms with E-state index < -0.39 is 0 Å². The monoisotopic (exact) mass is 283 g/mol. The van der Waals surface area contributed by atoms with E-state index in [1.807, 2.05) is 12.1 Å². The predicted molar refractivity (Wildman–Crippen MR) is 66.2 cm³/mol. The third kappa shape index (κ3) is 3.65. The van der Waals surface area contributed by atoms with Crippen molar-refractivity contribution in [3.63, 3.8) is 0 Å². The fraction of sp³-hybridized carbons (Fsp3) is 0.0667. The van der Waals surface area contributed by atoms with E-state index in [-0.39, 0.29) is 34.8 Å². The van der Waals surface area contributed by atoms with Gasteiger partial charge in [-0.1, -0.05) is 60.7 Å². The van der Waals surface area contributed by atoms with Crippen LogP contribution >= 0.6 is 0 Å². The van der Waals surface area contributed by atoms with Gasteiger partial charge in [-0.3, -0.25) is 9.59 Å². The summed E-state index contributed by atoms with van der Waals surface area (Å²) in [6.45, 7) is 0. The van der Waals surface area contributed by atoms with Gasteiger partial charge in [0.25, 0.3) is 0 Å². The summed E-state index contributed by atoms with van der Waals surface area (Å²) in [5.41, 5.74) is 1.16. The van der Waals surface area contributed by atoms with Crippen molar-refractivity contribution < 1.29 is 26.4 Å². The molecule has 0 saturated heterocycles. The van der Waals surface area contributed by atoms with Crippen molar-refractivity contribution in [2.75, 3.05) is 0 Å². The quantitative estimate of drug-likeness (QED) is 0.638. The topological polar surface area (TPSA) is 34.1 Å². The molecule has 2 aromatic carbocycles. The molecule has 0 fully saturated rings. The summed E-state index contributed by atoms with van der Waals surface area (Å²) in [4.78, 5) is 23.6. The number of hydrogen-bond acceptors (Lipinski definition) is 2. The van der Waals surface area contributed by atoms with Gasteiger partial charge in [-0.2, -0.15) is 0 Å². The maximum Gasteiger partial charge on any atom is 0.170 e. The molecule has 0 atom stereocenters. The van der Waals surface area contributed by atoms with E-state index in [0.29, 0.717) is 11.1 Å². The van der Waals surface area contributed by atoms with Crippen molar-refractivity contribution in [2.45, 2.75) is 6.42 Å². The summed E-state index contributed by atoms with van der Waals surface area (Å²) in [5, 5.41) is 0. The van der Waals surface area contributed by atoms with Crippen LogP contribution in [0.3, 0.4) is 0 Å². The fourth-order valence-corrected chi connectivity index (χ4v) is 1.60. The van der Waals surface area contributed by atoms with E-state index >= 15 is 0 Å². The first kappa shape index (κ1) is 14.3. The molecule has 0 bridgehead atoms. The van der Waals surface area contributed by atoms with Crippen LogP contribution in [-0.4, -0.2) is 11.6 Å². The summed E-state index contributed by atoms with van der Waals surface area (Å²) in [7, 11) is 0. The van der Waals surface area contributed by atoms with Crippen molar-refractivity contribution in [1.29, 1.82) is 0 Å². The van der Waals surface area contributed by atoms with Gasteiger partial charge in [0.1, 0.15) is 0 Å². The Morgan fingerprint density at radius 3 is 1.33 bits per heavy atom. The second-order valence-corrected chi connectivity index (χ2v) is 3.76. The molecule has 0 aliphatic rings. The van der Waals surface area contributed by atoms with Gasteiger partial charge in [0, 0.05) is 27.9 Å². The molecule has 0 aliphatic heterocycles. The van der Waals surface area contributed by atoms with Crippen molar-refractivity contribution in [1.82, 2.24) is 0 Å². The zero-order chi connectivity index (χ0) is 12.1. The zero-order valence-electron chi connectivity index (χ0n) is 9.63. The number of rotatable bonds is 4. The van der Waals surface area contributed by atoms with Crippen molar-refractivity contribution in [3.05, 3.63) is 71.8 Å². The van der Waals surface area contributed by atoms with E-state index in [1.165, 1.54) is 0 Å².